The third-order valence-electron chi connectivity index (χ3n) is 4.55. The van der Waals surface area contributed by atoms with Crippen LogP contribution in [0.15, 0.2) is 12.3 Å². The molecule has 1 aliphatic rings. The molecule has 3 rings (SSSR count). The highest BCUT2D eigenvalue weighted by molar-refractivity contribution is 5.98. The van der Waals surface area contributed by atoms with E-state index >= 15 is 0 Å². The number of ether oxygens (including phenoxy) is 1. The van der Waals surface area contributed by atoms with Gasteiger partial charge in [-0.2, -0.15) is 5.10 Å². The molecule has 3 heterocycles. The maximum Gasteiger partial charge on any atom is 0.255 e. The quantitative estimate of drug-likeness (QED) is 0.865. The normalized spacial score (nSPS) is 18.5. The molecule has 1 saturated heterocycles. The van der Waals surface area contributed by atoms with Gasteiger partial charge in [0.1, 0.15) is 0 Å². The molecule has 2 aromatic heterocycles. The average molecular weight is 330 g/mol. The molecule has 6 heteroatoms. The van der Waals surface area contributed by atoms with Gasteiger partial charge in [-0.3, -0.25) is 4.79 Å². The molecule has 0 spiro atoms. The minimum absolute atomic E-state index is 0.0450. The minimum Gasteiger partial charge on any atom is -0.377 e. The van der Waals surface area contributed by atoms with Gasteiger partial charge in [-0.05, 0) is 46.6 Å². The van der Waals surface area contributed by atoms with Crippen molar-refractivity contribution in [1.29, 1.82) is 0 Å². The third-order valence-corrected chi connectivity index (χ3v) is 4.55. The number of piperidine rings is 1. The summed E-state index contributed by atoms with van der Waals surface area (Å²) in [6, 6.07) is 2.17. The molecule has 1 aliphatic heterocycles. The first kappa shape index (κ1) is 16.9. The molecule has 1 atom stereocenters. The Morgan fingerprint density at radius 3 is 2.96 bits per heavy atom. The molecule has 0 N–H and O–H groups in total. The number of fused-ring (bicyclic) bond motifs is 1. The Kier molecular flexibility index (Phi) is 4.85. The van der Waals surface area contributed by atoms with Crippen LogP contribution in [0.3, 0.4) is 0 Å². The largest absolute Gasteiger partial charge is 0.377 e. The molecule has 0 aliphatic carbocycles. The van der Waals surface area contributed by atoms with Crippen LogP contribution in [0.5, 0.6) is 0 Å². The number of pyridine rings is 1. The Hall–Kier alpha value is -1.95. The summed E-state index contributed by atoms with van der Waals surface area (Å²) in [5, 5.41) is 5.31. The summed E-state index contributed by atoms with van der Waals surface area (Å²) < 4.78 is 7.60. The Bertz CT molecular complexity index is 736. The maximum atomic E-state index is 13.0. The fourth-order valence-corrected chi connectivity index (χ4v) is 3.32. The van der Waals surface area contributed by atoms with E-state index in [1.54, 1.807) is 6.20 Å². The molecular formula is C18H26N4O2. The first-order valence-corrected chi connectivity index (χ1v) is 8.77. The van der Waals surface area contributed by atoms with Crippen molar-refractivity contribution >= 4 is 16.9 Å². The number of carbonyl (C=O) groups is 1. The van der Waals surface area contributed by atoms with Crippen molar-refractivity contribution in [1.82, 2.24) is 19.7 Å². The molecule has 0 radical (unpaired) electrons. The summed E-state index contributed by atoms with van der Waals surface area (Å²) in [6.45, 7) is 10.2. The average Bonchev–Trinajstić information content (AvgIpc) is 2.97. The van der Waals surface area contributed by atoms with Gasteiger partial charge in [-0.25, -0.2) is 9.67 Å². The lowest BCUT2D eigenvalue weighted by molar-refractivity contribution is 0.00720. The van der Waals surface area contributed by atoms with Crippen molar-refractivity contribution in [2.45, 2.75) is 52.7 Å². The highest BCUT2D eigenvalue weighted by Crippen LogP contribution is 2.22. The number of hydrogen-bond acceptors (Lipinski definition) is 4. The number of hydrogen-bond donors (Lipinski definition) is 0. The standard InChI is InChI=1S/C18H26N4O2/c1-5-24-15-7-6-8-21(11-15)18(23)16-9-14-10-19-22(12(2)3)17(14)20-13(16)4/h9-10,12,15H,5-8,11H2,1-4H3/t15-/m1/s1. The summed E-state index contributed by atoms with van der Waals surface area (Å²) in [4.78, 5) is 19.5. The van der Waals surface area contributed by atoms with Crippen LogP contribution in [0, 0.1) is 6.92 Å². The number of amides is 1. The van der Waals surface area contributed by atoms with Crippen LogP contribution < -0.4 is 0 Å². The van der Waals surface area contributed by atoms with E-state index in [2.05, 4.69) is 23.9 Å². The predicted octanol–water partition coefficient (Wildman–Crippen LogP) is 2.96. The highest BCUT2D eigenvalue weighted by atomic mass is 16.5. The zero-order chi connectivity index (χ0) is 17.3. The summed E-state index contributed by atoms with van der Waals surface area (Å²) in [7, 11) is 0. The fraction of sp³-hybridized carbons (Fsp3) is 0.611. The summed E-state index contributed by atoms with van der Waals surface area (Å²) in [5.74, 6) is 0.0450. The number of aryl methyl sites for hydroxylation is 1. The molecule has 2 aromatic rings. The van der Waals surface area contributed by atoms with Crippen molar-refractivity contribution in [2.75, 3.05) is 19.7 Å². The lowest BCUT2D eigenvalue weighted by Gasteiger charge is -2.32. The third kappa shape index (κ3) is 3.15. The van der Waals surface area contributed by atoms with E-state index in [1.807, 2.05) is 29.5 Å². The first-order chi connectivity index (χ1) is 11.5. The summed E-state index contributed by atoms with van der Waals surface area (Å²) in [5.41, 5.74) is 2.27. The highest BCUT2D eigenvalue weighted by Gasteiger charge is 2.26. The smallest absolute Gasteiger partial charge is 0.255 e. The van der Waals surface area contributed by atoms with E-state index in [4.69, 9.17) is 4.74 Å². The van der Waals surface area contributed by atoms with Crippen molar-refractivity contribution in [3.05, 3.63) is 23.5 Å². The predicted molar refractivity (Wildman–Crippen MR) is 93.2 cm³/mol. The zero-order valence-electron chi connectivity index (χ0n) is 15.0. The topological polar surface area (TPSA) is 60.2 Å². The molecule has 0 bridgehead atoms. The van der Waals surface area contributed by atoms with Crippen LogP contribution >= 0.6 is 0 Å². The Morgan fingerprint density at radius 2 is 2.25 bits per heavy atom. The van der Waals surface area contributed by atoms with Crippen LogP contribution in [0.4, 0.5) is 0 Å². The van der Waals surface area contributed by atoms with E-state index in [0.717, 1.165) is 36.1 Å². The second-order valence-electron chi connectivity index (χ2n) is 6.69. The zero-order valence-corrected chi connectivity index (χ0v) is 15.0. The number of likely N-dealkylation sites (tertiary alicyclic amines) is 1. The van der Waals surface area contributed by atoms with Gasteiger partial charge in [-0.15, -0.1) is 0 Å². The van der Waals surface area contributed by atoms with E-state index in [9.17, 15) is 4.79 Å². The minimum atomic E-state index is 0.0450. The van der Waals surface area contributed by atoms with Crippen LogP contribution in [0.1, 0.15) is 55.7 Å². The Morgan fingerprint density at radius 1 is 1.46 bits per heavy atom. The molecule has 1 amide bonds. The number of rotatable bonds is 4. The Balaban J connectivity index is 1.88. The van der Waals surface area contributed by atoms with Gasteiger partial charge >= 0.3 is 0 Å². The SMILES string of the molecule is CCO[C@@H]1CCCN(C(=O)c2cc3cnn(C(C)C)c3nc2C)C1. The molecule has 0 unspecified atom stereocenters. The Labute approximate surface area is 142 Å². The van der Waals surface area contributed by atoms with Gasteiger partial charge in [0.15, 0.2) is 5.65 Å². The van der Waals surface area contributed by atoms with Gasteiger partial charge < -0.3 is 9.64 Å². The summed E-state index contributed by atoms with van der Waals surface area (Å²) >= 11 is 0. The first-order valence-electron chi connectivity index (χ1n) is 8.77. The van der Waals surface area contributed by atoms with Gasteiger partial charge in [0.2, 0.25) is 0 Å². The van der Waals surface area contributed by atoms with Crippen molar-refractivity contribution in [2.24, 2.45) is 0 Å². The summed E-state index contributed by atoms with van der Waals surface area (Å²) in [6.07, 6.45) is 3.94. The van der Waals surface area contributed by atoms with Crippen molar-refractivity contribution < 1.29 is 9.53 Å². The molecule has 130 valence electrons. The number of aromatic nitrogens is 3. The fourth-order valence-electron chi connectivity index (χ4n) is 3.32. The molecule has 6 nitrogen and oxygen atoms in total. The van der Waals surface area contributed by atoms with E-state index in [1.165, 1.54) is 0 Å². The second-order valence-corrected chi connectivity index (χ2v) is 6.69. The van der Waals surface area contributed by atoms with Crippen molar-refractivity contribution in [3.63, 3.8) is 0 Å². The molecular weight excluding hydrogens is 304 g/mol. The number of carbonyl (C=O) groups excluding carboxylic acids is 1. The van der Waals surface area contributed by atoms with Gasteiger partial charge in [0, 0.05) is 31.1 Å². The van der Waals surface area contributed by atoms with E-state index in [-0.39, 0.29) is 18.1 Å². The van der Waals surface area contributed by atoms with E-state index < -0.39 is 0 Å². The second kappa shape index (κ2) is 6.89. The lowest BCUT2D eigenvalue weighted by atomic mass is 10.1. The van der Waals surface area contributed by atoms with Crippen LogP contribution in [-0.2, 0) is 4.74 Å². The number of nitrogens with zero attached hydrogens (tertiary/aromatic N) is 4. The molecule has 24 heavy (non-hydrogen) atoms. The van der Waals surface area contributed by atoms with Gasteiger partial charge in [-0.1, -0.05) is 0 Å². The lowest BCUT2D eigenvalue weighted by Crippen LogP contribution is -2.43. The molecule has 0 aromatic carbocycles. The maximum absolute atomic E-state index is 13.0. The van der Waals surface area contributed by atoms with E-state index in [0.29, 0.717) is 18.7 Å². The van der Waals surface area contributed by atoms with Crippen molar-refractivity contribution in [3.8, 4) is 0 Å². The van der Waals surface area contributed by atoms with Gasteiger partial charge in [0.05, 0.1) is 23.6 Å². The van der Waals surface area contributed by atoms with Gasteiger partial charge in [0.25, 0.3) is 5.91 Å². The van der Waals surface area contributed by atoms with Crippen LogP contribution in [-0.4, -0.2) is 51.4 Å². The van der Waals surface area contributed by atoms with Crippen LogP contribution in [0.2, 0.25) is 0 Å². The molecule has 1 fully saturated rings. The molecule has 0 saturated carbocycles. The van der Waals surface area contributed by atoms with Crippen LogP contribution in [0.25, 0.3) is 11.0 Å². The monoisotopic (exact) mass is 330 g/mol.